The van der Waals surface area contributed by atoms with Crippen LogP contribution in [-0.4, -0.2) is 54.3 Å². The maximum atomic E-state index is 13.0. The predicted octanol–water partition coefficient (Wildman–Crippen LogP) is 3.48. The van der Waals surface area contributed by atoms with Gasteiger partial charge in [0.25, 0.3) is 17.3 Å². The van der Waals surface area contributed by atoms with Gasteiger partial charge < -0.3 is 10.1 Å². The van der Waals surface area contributed by atoms with E-state index >= 15 is 0 Å². The van der Waals surface area contributed by atoms with Crippen molar-refractivity contribution in [3.63, 3.8) is 0 Å². The number of ether oxygens (including phenoxy) is 1. The molecule has 0 radical (unpaired) electrons. The SMILES string of the molecule is O=C(Nc1ccc(OCC(F)(F)F)c(S(=O)(=O)N2CCCC2)c1)c1cc([N+](=O)[O-])cc([N+](=O)[O-])c1. The number of alkyl halides is 3. The summed E-state index contributed by atoms with van der Waals surface area (Å²) in [5.74, 6) is -1.64. The maximum Gasteiger partial charge on any atom is 0.422 e. The molecule has 2 aromatic carbocycles. The van der Waals surface area contributed by atoms with Gasteiger partial charge >= 0.3 is 6.18 Å². The van der Waals surface area contributed by atoms with Gasteiger partial charge in [-0.1, -0.05) is 0 Å². The van der Waals surface area contributed by atoms with E-state index in [-0.39, 0.29) is 18.8 Å². The Bertz CT molecular complexity index is 1250. The molecule has 0 saturated carbocycles. The number of carbonyl (C=O) groups excluding carboxylic acids is 1. The number of hydrogen-bond acceptors (Lipinski definition) is 8. The largest absolute Gasteiger partial charge is 0.483 e. The molecule has 2 aromatic rings. The highest BCUT2D eigenvalue weighted by atomic mass is 32.2. The number of carbonyl (C=O) groups is 1. The fourth-order valence-electron chi connectivity index (χ4n) is 3.27. The van der Waals surface area contributed by atoms with E-state index in [9.17, 15) is 46.6 Å². The summed E-state index contributed by atoms with van der Waals surface area (Å²) in [5, 5.41) is 24.3. The van der Waals surface area contributed by atoms with Crippen LogP contribution in [0.4, 0.5) is 30.2 Å². The normalized spacial score (nSPS) is 14.5. The Hall–Kier alpha value is -3.79. The van der Waals surface area contributed by atoms with Crippen LogP contribution in [-0.2, 0) is 10.0 Å². The minimum Gasteiger partial charge on any atom is -0.483 e. The number of benzene rings is 2. The second-order valence-corrected chi connectivity index (χ2v) is 9.29. The lowest BCUT2D eigenvalue weighted by Gasteiger charge is -2.20. The summed E-state index contributed by atoms with van der Waals surface area (Å²) in [6.45, 7) is -1.46. The average Bonchev–Trinajstić information content (AvgIpc) is 3.33. The molecule has 3 rings (SSSR count). The molecule has 1 N–H and O–H groups in total. The number of hydrogen-bond donors (Lipinski definition) is 1. The smallest absolute Gasteiger partial charge is 0.422 e. The molecule has 1 saturated heterocycles. The molecule has 35 heavy (non-hydrogen) atoms. The minimum absolute atomic E-state index is 0.148. The van der Waals surface area contributed by atoms with Gasteiger partial charge in [0.2, 0.25) is 10.0 Å². The summed E-state index contributed by atoms with van der Waals surface area (Å²) in [5.41, 5.74) is -2.11. The number of non-ortho nitro benzene ring substituents is 2. The molecule has 0 atom stereocenters. The monoisotopic (exact) mass is 518 g/mol. The molecule has 12 nitrogen and oxygen atoms in total. The summed E-state index contributed by atoms with van der Waals surface area (Å²) in [7, 11) is -4.28. The molecule has 0 bridgehead atoms. The van der Waals surface area contributed by atoms with E-state index in [2.05, 4.69) is 10.1 Å². The van der Waals surface area contributed by atoms with Crippen LogP contribution < -0.4 is 10.1 Å². The first kappa shape index (κ1) is 25.8. The highest BCUT2D eigenvalue weighted by Crippen LogP contribution is 2.33. The zero-order valence-corrected chi connectivity index (χ0v) is 18.5. The number of amides is 1. The molecule has 16 heteroatoms. The van der Waals surface area contributed by atoms with Crippen molar-refractivity contribution >= 4 is 33.0 Å². The van der Waals surface area contributed by atoms with E-state index in [1.165, 1.54) is 0 Å². The van der Waals surface area contributed by atoms with Crippen molar-refractivity contribution in [1.29, 1.82) is 0 Å². The first-order valence-corrected chi connectivity index (χ1v) is 11.3. The molecular formula is C19H17F3N4O8S. The van der Waals surface area contributed by atoms with Gasteiger partial charge in [-0.25, -0.2) is 8.42 Å². The van der Waals surface area contributed by atoms with Crippen LogP contribution in [0.5, 0.6) is 5.75 Å². The number of rotatable bonds is 8. The Morgan fingerprint density at radius 3 is 2.11 bits per heavy atom. The number of sulfonamides is 1. The van der Waals surface area contributed by atoms with Crippen LogP contribution >= 0.6 is 0 Å². The van der Waals surface area contributed by atoms with Crippen molar-refractivity contribution in [1.82, 2.24) is 4.31 Å². The van der Waals surface area contributed by atoms with E-state index in [1.807, 2.05) is 0 Å². The highest BCUT2D eigenvalue weighted by molar-refractivity contribution is 7.89. The van der Waals surface area contributed by atoms with Gasteiger partial charge in [0.05, 0.1) is 21.5 Å². The predicted molar refractivity (Wildman–Crippen MR) is 114 cm³/mol. The summed E-state index contributed by atoms with van der Waals surface area (Å²) >= 11 is 0. The Morgan fingerprint density at radius 2 is 1.60 bits per heavy atom. The van der Waals surface area contributed by atoms with Crippen molar-refractivity contribution in [2.75, 3.05) is 25.0 Å². The molecular weight excluding hydrogens is 501 g/mol. The molecule has 1 aliphatic heterocycles. The number of nitro benzene ring substituents is 2. The molecule has 1 heterocycles. The van der Waals surface area contributed by atoms with Crippen molar-refractivity contribution in [3.05, 3.63) is 62.2 Å². The van der Waals surface area contributed by atoms with Crippen LogP contribution in [0.3, 0.4) is 0 Å². The van der Waals surface area contributed by atoms with Gasteiger partial charge in [-0.2, -0.15) is 17.5 Å². The van der Waals surface area contributed by atoms with Crippen molar-refractivity contribution < 1.29 is 41.0 Å². The maximum absolute atomic E-state index is 13.0. The van der Waals surface area contributed by atoms with E-state index in [0.717, 1.165) is 34.6 Å². The van der Waals surface area contributed by atoms with Crippen LogP contribution in [0.2, 0.25) is 0 Å². The summed E-state index contributed by atoms with van der Waals surface area (Å²) in [4.78, 5) is 32.2. The molecule has 0 aliphatic carbocycles. The topological polar surface area (TPSA) is 162 Å². The number of halogens is 3. The molecule has 0 unspecified atom stereocenters. The molecule has 188 valence electrons. The van der Waals surface area contributed by atoms with E-state index < -0.39 is 66.1 Å². The van der Waals surface area contributed by atoms with Crippen molar-refractivity contribution in [2.24, 2.45) is 0 Å². The third-order valence-corrected chi connectivity index (χ3v) is 6.78. The Labute approximate surface area is 195 Å². The molecule has 1 fully saturated rings. The van der Waals surface area contributed by atoms with E-state index in [1.54, 1.807) is 0 Å². The second kappa shape index (κ2) is 9.83. The zero-order chi connectivity index (χ0) is 26.0. The Balaban J connectivity index is 1.98. The summed E-state index contributed by atoms with van der Waals surface area (Å²) in [6.07, 6.45) is -3.63. The summed E-state index contributed by atoms with van der Waals surface area (Å²) < 4.78 is 69.8. The summed E-state index contributed by atoms with van der Waals surface area (Å²) in [6, 6.07) is 5.11. The molecule has 1 aliphatic rings. The zero-order valence-electron chi connectivity index (χ0n) is 17.6. The number of nitrogens with zero attached hydrogens (tertiary/aromatic N) is 3. The van der Waals surface area contributed by atoms with Gasteiger partial charge in [0.15, 0.2) is 6.61 Å². The van der Waals surface area contributed by atoms with Gasteiger partial charge in [0.1, 0.15) is 10.6 Å². The first-order chi connectivity index (χ1) is 16.3. The lowest BCUT2D eigenvalue weighted by atomic mass is 10.1. The molecule has 0 spiro atoms. The van der Waals surface area contributed by atoms with Crippen LogP contribution in [0.25, 0.3) is 0 Å². The number of nitro groups is 2. The molecule has 0 aromatic heterocycles. The first-order valence-electron chi connectivity index (χ1n) is 9.87. The lowest BCUT2D eigenvalue weighted by Crippen LogP contribution is -2.29. The van der Waals surface area contributed by atoms with Crippen LogP contribution in [0.1, 0.15) is 23.2 Å². The third-order valence-electron chi connectivity index (χ3n) is 4.86. The Kier molecular flexibility index (Phi) is 7.25. The van der Waals surface area contributed by atoms with Gasteiger partial charge in [-0.05, 0) is 31.0 Å². The fourth-order valence-corrected chi connectivity index (χ4v) is 4.95. The van der Waals surface area contributed by atoms with Crippen LogP contribution in [0.15, 0.2) is 41.3 Å². The van der Waals surface area contributed by atoms with E-state index in [0.29, 0.717) is 18.9 Å². The number of nitrogens with one attached hydrogen (secondary N) is 1. The fraction of sp³-hybridized carbons (Fsp3) is 0.316. The van der Waals surface area contributed by atoms with E-state index in [4.69, 9.17) is 0 Å². The van der Waals surface area contributed by atoms with Gasteiger partial charge in [-0.3, -0.25) is 25.0 Å². The third kappa shape index (κ3) is 6.21. The average molecular weight is 518 g/mol. The lowest BCUT2D eigenvalue weighted by molar-refractivity contribution is -0.394. The van der Waals surface area contributed by atoms with Gasteiger partial charge in [0, 0.05) is 30.9 Å². The minimum atomic E-state index is -4.74. The standard InChI is InChI=1S/C19H17F3N4O8S/c20-19(21,22)11-34-16-4-3-13(9-17(16)35(32,33)24-5-1-2-6-24)23-18(27)12-7-14(25(28)29)10-15(8-12)26(30)31/h3-4,7-10H,1-2,5-6,11H2,(H,23,27). The number of anilines is 1. The van der Waals surface area contributed by atoms with Crippen molar-refractivity contribution in [3.8, 4) is 5.75 Å². The Morgan fingerprint density at radius 1 is 1.03 bits per heavy atom. The quantitative estimate of drug-likeness (QED) is 0.410. The van der Waals surface area contributed by atoms with Crippen molar-refractivity contribution in [2.45, 2.75) is 23.9 Å². The highest BCUT2D eigenvalue weighted by Gasteiger charge is 2.33. The van der Waals surface area contributed by atoms with Crippen LogP contribution in [0, 0.1) is 20.2 Å². The second-order valence-electron chi connectivity index (χ2n) is 7.38. The van der Waals surface area contributed by atoms with Gasteiger partial charge in [-0.15, -0.1) is 0 Å². The molecule has 1 amide bonds.